The third-order valence-electron chi connectivity index (χ3n) is 4.87. The number of nitrogens with zero attached hydrogens (tertiary/aromatic N) is 3. The highest BCUT2D eigenvalue weighted by molar-refractivity contribution is 6.19. The van der Waals surface area contributed by atoms with Crippen molar-refractivity contribution in [2.75, 3.05) is 32.7 Å². The highest BCUT2D eigenvalue weighted by Gasteiger charge is 2.30. The van der Waals surface area contributed by atoms with Crippen molar-refractivity contribution in [2.24, 2.45) is 10.1 Å². The normalized spacial score (nSPS) is 17.9. The number of fused-ring (bicyclic) bond motifs is 1. The zero-order valence-electron chi connectivity index (χ0n) is 16.2. The van der Waals surface area contributed by atoms with Gasteiger partial charge in [-0.1, -0.05) is 30.3 Å². The molecule has 6 heteroatoms. The molecule has 2 aliphatic rings. The summed E-state index contributed by atoms with van der Waals surface area (Å²) < 4.78 is 5.24. The summed E-state index contributed by atoms with van der Waals surface area (Å²) in [6, 6.07) is 16.9. The first kappa shape index (κ1) is 18.4. The molecule has 2 aromatic rings. The number of aliphatic imine (C=N–C) groups is 1. The first-order chi connectivity index (χ1) is 13.8. The predicted octanol–water partition coefficient (Wildman–Crippen LogP) is 3.26. The minimum Gasteiger partial charge on any atom is -0.380 e. The SMILES string of the molecule is CNCNc1cccc(C2CN=C3C=C(c4cccc(COC)c4)C=NN32)c1. The van der Waals surface area contributed by atoms with E-state index in [0.717, 1.165) is 34.9 Å². The summed E-state index contributed by atoms with van der Waals surface area (Å²) in [6.07, 6.45) is 4.04. The zero-order chi connectivity index (χ0) is 19.3. The molecule has 2 aliphatic heterocycles. The van der Waals surface area contributed by atoms with Gasteiger partial charge in [-0.2, -0.15) is 5.10 Å². The maximum atomic E-state index is 5.24. The Morgan fingerprint density at radius 3 is 2.93 bits per heavy atom. The third kappa shape index (κ3) is 3.83. The molecular formula is C22H25N5O. The van der Waals surface area contributed by atoms with Crippen LogP contribution in [0, 0.1) is 0 Å². The van der Waals surface area contributed by atoms with Crippen LogP contribution >= 0.6 is 0 Å². The van der Waals surface area contributed by atoms with E-state index in [-0.39, 0.29) is 6.04 Å². The molecule has 0 aliphatic carbocycles. The number of hydrogen-bond donors (Lipinski definition) is 2. The van der Waals surface area contributed by atoms with Crippen LogP contribution in [0.1, 0.15) is 22.7 Å². The van der Waals surface area contributed by atoms with Crippen molar-refractivity contribution < 1.29 is 4.74 Å². The Balaban J connectivity index is 1.52. The molecule has 0 radical (unpaired) electrons. The van der Waals surface area contributed by atoms with Gasteiger partial charge in [-0.05, 0) is 48.0 Å². The number of anilines is 1. The van der Waals surface area contributed by atoms with E-state index in [0.29, 0.717) is 13.2 Å². The largest absolute Gasteiger partial charge is 0.380 e. The van der Waals surface area contributed by atoms with Gasteiger partial charge in [0.25, 0.3) is 0 Å². The molecule has 0 saturated heterocycles. The van der Waals surface area contributed by atoms with Gasteiger partial charge in [0.2, 0.25) is 0 Å². The topological polar surface area (TPSA) is 61.3 Å². The number of methoxy groups -OCH3 is 1. The Bertz CT molecular complexity index is 934. The second-order valence-electron chi connectivity index (χ2n) is 6.87. The molecule has 2 heterocycles. The van der Waals surface area contributed by atoms with E-state index in [1.165, 1.54) is 5.56 Å². The summed E-state index contributed by atoms with van der Waals surface area (Å²) in [5.41, 5.74) is 5.64. The standard InChI is InChI=1S/C22H25N5O/c1-23-15-25-20-8-4-7-18(10-20)21-13-24-22-11-19(12-26-27(21)22)17-6-3-5-16(9-17)14-28-2/h3-12,21,23,25H,13-15H2,1-2H3. The van der Waals surface area contributed by atoms with Crippen molar-refractivity contribution in [1.82, 2.24) is 10.3 Å². The molecule has 0 saturated carbocycles. The summed E-state index contributed by atoms with van der Waals surface area (Å²) in [5, 5.41) is 13.2. The van der Waals surface area contributed by atoms with Crippen molar-refractivity contribution in [2.45, 2.75) is 12.6 Å². The summed E-state index contributed by atoms with van der Waals surface area (Å²) in [6.45, 7) is 2.03. The average Bonchev–Trinajstić information content (AvgIpc) is 3.16. The molecule has 0 aromatic heterocycles. The van der Waals surface area contributed by atoms with E-state index in [1.54, 1.807) is 7.11 Å². The van der Waals surface area contributed by atoms with E-state index in [1.807, 2.05) is 24.3 Å². The number of ether oxygens (including phenoxy) is 1. The van der Waals surface area contributed by atoms with Gasteiger partial charge < -0.3 is 15.4 Å². The van der Waals surface area contributed by atoms with E-state index in [2.05, 4.69) is 59.2 Å². The number of benzene rings is 2. The monoisotopic (exact) mass is 375 g/mol. The quantitative estimate of drug-likeness (QED) is 0.729. The minimum atomic E-state index is 0.125. The van der Waals surface area contributed by atoms with Crippen molar-refractivity contribution in [3.63, 3.8) is 0 Å². The number of rotatable bonds is 7. The number of hydrazone groups is 1. The lowest BCUT2D eigenvalue weighted by Crippen LogP contribution is -2.27. The van der Waals surface area contributed by atoms with Crippen LogP contribution in [0.3, 0.4) is 0 Å². The second-order valence-corrected chi connectivity index (χ2v) is 6.87. The van der Waals surface area contributed by atoms with Crippen LogP contribution < -0.4 is 10.6 Å². The van der Waals surface area contributed by atoms with E-state index < -0.39 is 0 Å². The van der Waals surface area contributed by atoms with Crippen LogP contribution in [0.4, 0.5) is 5.69 Å². The lowest BCUT2D eigenvalue weighted by molar-refractivity contribution is 0.185. The molecule has 0 bridgehead atoms. The molecule has 2 aromatic carbocycles. The van der Waals surface area contributed by atoms with Crippen molar-refractivity contribution in [1.29, 1.82) is 0 Å². The zero-order valence-corrected chi connectivity index (χ0v) is 16.2. The van der Waals surface area contributed by atoms with Gasteiger partial charge in [-0.3, -0.25) is 4.99 Å². The lowest BCUT2D eigenvalue weighted by Gasteiger charge is -2.25. The molecule has 4 rings (SSSR count). The number of hydrogen-bond acceptors (Lipinski definition) is 6. The molecule has 0 amide bonds. The maximum absolute atomic E-state index is 5.24. The first-order valence-corrected chi connectivity index (χ1v) is 9.44. The summed E-state index contributed by atoms with van der Waals surface area (Å²) in [5.74, 6) is 0.910. The van der Waals surface area contributed by atoms with Crippen LogP contribution in [0.5, 0.6) is 0 Å². The molecule has 1 atom stereocenters. The third-order valence-corrected chi connectivity index (χ3v) is 4.87. The molecule has 2 N–H and O–H groups in total. The molecule has 0 spiro atoms. The van der Waals surface area contributed by atoms with Gasteiger partial charge in [-0.25, -0.2) is 5.01 Å². The Hall–Kier alpha value is -2.96. The van der Waals surface area contributed by atoms with Crippen LogP contribution in [0.15, 0.2) is 64.7 Å². The second kappa shape index (κ2) is 8.37. The van der Waals surface area contributed by atoms with Crippen molar-refractivity contribution in [3.8, 4) is 0 Å². The fourth-order valence-electron chi connectivity index (χ4n) is 3.50. The van der Waals surface area contributed by atoms with Crippen LogP contribution in [0.25, 0.3) is 5.57 Å². The molecular weight excluding hydrogens is 350 g/mol. The van der Waals surface area contributed by atoms with Crippen LogP contribution in [-0.4, -0.2) is 44.4 Å². The smallest absolute Gasteiger partial charge is 0.145 e. The van der Waals surface area contributed by atoms with E-state index in [9.17, 15) is 0 Å². The van der Waals surface area contributed by atoms with Gasteiger partial charge in [0.1, 0.15) is 5.84 Å². The van der Waals surface area contributed by atoms with Gasteiger partial charge in [0.15, 0.2) is 0 Å². The number of amidine groups is 1. The summed E-state index contributed by atoms with van der Waals surface area (Å²) in [4.78, 5) is 4.74. The van der Waals surface area contributed by atoms with Crippen molar-refractivity contribution >= 4 is 23.3 Å². The number of nitrogens with one attached hydrogen (secondary N) is 2. The maximum Gasteiger partial charge on any atom is 0.145 e. The number of allylic oxidation sites excluding steroid dienone is 1. The highest BCUT2D eigenvalue weighted by atomic mass is 16.5. The Labute approximate surface area is 165 Å². The summed E-state index contributed by atoms with van der Waals surface area (Å²) in [7, 11) is 3.63. The molecule has 0 fully saturated rings. The van der Waals surface area contributed by atoms with E-state index >= 15 is 0 Å². The predicted molar refractivity (Wildman–Crippen MR) is 114 cm³/mol. The average molecular weight is 375 g/mol. The Kier molecular flexibility index (Phi) is 5.50. The Morgan fingerprint density at radius 2 is 2.07 bits per heavy atom. The van der Waals surface area contributed by atoms with Crippen LogP contribution in [-0.2, 0) is 11.3 Å². The molecule has 1 unspecified atom stereocenters. The minimum absolute atomic E-state index is 0.125. The van der Waals surface area contributed by atoms with Gasteiger partial charge >= 0.3 is 0 Å². The fraction of sp³-hybridized carbons (Fsp3) is 0.273. The summed E-state index contributed by atoms with van der Waals surface area (Å²) >= 11 is 0. The van der Waals surface area contributed by atoms with Crippen molar-refractivity contribution in [3.05, 3.63) is 71.3 Å². The fourth-order valence-corrected chi connectivity index (χ4v) is 3.50. The molecule has 28 heavy (non-hydrogen) atoms. The van der Waals surface area contributed by atoms with Crippen LogP contribution in [0.2, 0.25) is 0 Å². The van der Waals surface area contributed by atoms with E-state index in [4.69, 9.17) is 14.8 Å². The first-order valence-electron chi connectivity index (χ1n) is 9.44. The lowest BCUT2D eigenvalue weighted by atomic mass is 10.0. The van der Waals surface area contributed by atoms with Gasteiger partial charge in [0.05, 0.1) is 32.1 Å². The molecule has 6 nitrogen and oxygen atoms in total. The van der Waals surface area contributed by atoms with Gasteiger partial charge in [-0.15, -0.1) is 0 Å². The highest BCUT2D eigenvalue weighted by Crippen LogP contribution is 2.32. The molecule has 144 valence electrons. The van der Waals surface area contributed by atoms with Gasteiger partial charge in [0, 0.05) is 18.4 Å². The Morgan fingerprint density at radius 1 is 1.18 bits per heavy atom.